The first kappa shape index (κ1) is 16.7. The number of hydrogen-bond donors (Lipinski definition) is 4. The molecule has 72 valence electrons. The smallest absolute Gasteiger partial charge is 0.402 e. The number of amides is 1. The first-order chi connectivity index (χ1) is 5.20. The van der Waals surface area contributed by atoms with E-state index in [2.05, 4.69) is 5.73 Å². The molecule has 0 unspecified atom stereocenters. The van der Waals surface area contributed by atoms with E-state index < -0.39 is 18.0 Å². The molecule has 0 atom stereocenters. The molecular formula is C5H11NO6. The first-order valence-corrected chi connectivity index (χ1v) is 2.57. The normalized spacial score (nSPS) is 6.17. The van der Waals surface area contributed by atoms with Crippen molar-refractivity contribution in [3.05, 3.63) is 0 Å². The van der Waals surface area contributed by atoms with Crippen molar-refractivity contribution in [3.63, 3.8) is 0 Å². The van der Waals surface area contributed by atoms with E-state index in [1.807, 2.05) is 0 Å². The summed E-state index contributed by atoms with van der Waals surface area (Å²) in [5.41, 5.74) is 4.03. The van der Waals surface area contributed by atoms with Crippen molar-refractivity contribution in [1.82, 2.24) is 0 Å². The molecule has 12 heavy (non-hydrogen) atoms. The van der Waals surface area contributed by atoms with Gasteiger partial charge in [0.2, 0.25) is 0 Å². The number of carbonyl (C=O) groups is 3. The second-order valence-electron chi connectivity index (χ2n) is 1.38. The van der Waals surface area contributed by atoms with Gasteiger partial charge in [-0.05, 0) is 0 Å². The van der Waals surface area contributed by atoms with Crippen LogP contribution in [0.25, 0.3) is 0 Å². The largest absolute Gasteiger partial charge is 0.481 e. The summed E-state index contributed by atoms with van der Waals surface area (Å²) >= 11 is 0. The molecule has 0 rings (SSSR count). The third-order valence-corrected chi connectivity index (χ3v) is 0. The van der Waals surface area contributed by atoms with Gasteiger partial charge in [-0.1, -0.05) is 0 Å². The molecule has 1 amide bonds. The van der Waals surface area contributed by atoms with Crippen LogP contribution in [0.3, 0.4) is 0 Å². The first-order valence-electron chi connectivity index (χ1n) is 2.57. The van der Waals surface area contributed by atoms with E-state index in [-0.39, 0.29) is 0 Å². The van der Waals surface area contributed by atoms with E-state index >= 15 is 0 Å². The quantitative estimate of drug-likeness (QED) is 0.408. The molecule has 0 heterocycles. The maximum Gasteiger partial charge on any atom is 0.402 e. The Labute approximate surface area is 68.4 Å². The Morgan fingerprint density at radius 1 is 0.917 bits per heavy atom. The van der Waals surface area contributed by atoms with Crippen LogP contribution in [0.15, 0.2) is 0 Å². The summed E-state index contributed by atoms with van der Waals surface area (Å²) in [6, 6.07) is 0. The van der Waals surface area contributed by atoms with Gasteiger partial charge >= 0.3 is 6.09 Å². The molecule has 0 aromatic rings. The molecule has 0 aliphatic rings. The second-order valence-corrected chi connectivity index (χ2v) is 1.38. The number of carboxylic acids is 2. The predicted octanol–water partition coefficient (Wildman–Crippen LogP) is -0.195. The summed E-state index contributed by atoms with van der Waals surface area (Å²) in [5, 5.41) is 22.0. The zero-order valence-corrected chi connectivity index (χ0v) is 6.64. The lowest BCUT2D eigenvalue weighted by molar-refractivity contribution is -0.135. The maximum absolute atomic E-state index is 9.00. The van der Waals surface area contributed by atoms with Gasteiger partial charge in [0.1, 0.15) is 0 Å². The average molecular weight is 181 g/mol. The standard InChI is InChI=1S/2C2H4O2.CH3NO2/c2*1-2(3)4;2-1(3)4/h2*1H3,(H,3,4);2H2,(H,3,4). The zero-order valence-electron chi connectivity index (χ0n) is 6.64. The molecule has 0 saturated heterocycles. The van der Waals surface area contributed by atoms with Gasteiger partial charge in [0.15, 0.2) is 0 Å². The Morgan fingerprint density at radius 3 is 0.917 bits per heavy atom. The minimum absolute atomic E-state index is 0.833. The van der Waals surface area contributed by atoms with E-state index in [1.165, 1.54) is 0 Å². The summed E-state index contributed by atoms with van der Waals surface area (Å²) in [6.45, 7) is 2.17. The Bertz CT molecular complexity index is 113. The lowest BCUT2D eigenvalue weighted by atomic mass is 10.9. The van der Waals surface area contributed by atoms with Crippen molar-refractivity contribution < 1.29 is 29.7 Å². The number of aliphatic carboxylic acids is 2. The highest BCUT2D eigenvalue weighted by molar-refractivity contribution is 5.63. The van der Waals surface area contributed by atoms with E-state index in [4.69, 9.17) is 29.7 Å². The molecule has 0 spiro atoms. The lowest BCUT2D eigenvalue weighted by Gasteiger charge is -1.61. The summed E-state index contributed by atoms with van der Waals surface area (Å²) in [5.74, 6) is -1.67. The molecule has 5 N–H and O–H groups in total. The molecule has 0 saturated carbocycles. The maximum atomic E-state index is 9.00. The highest BCUT2D eigenvalue weighted by atomic mass is 16.4. The third-order valence-electron chi connectivity index (χ3n) is 0. The van der Waals surface area contributed by atoms with Gasteiger partial charge in [0, 0.05) is 13.8 Å². The topological polar surface area (TPSA) is 138 Å². The highest BCUT2D eigenvalue weighted by Gasteiger charge is 1.66. The minimum atomic E-state index is -1.33. The van der Waals surface area contributed by atoms with Gasteiger partial charge in [-0.3, -0.25) is 9.59 Å². The van der Waals surface area contributed by atoms with Crippen LogP contribution in [-0.2, 0) is 9.59 Å². The summed E-state index contributed by atoms with van der Waals surface area (Å²) in [4.78, 5) is 26.8. The fourth-order valence-corrected chi connectivity index (χ4v) is 0. The minimum Gasteiger partial charge on any atom is -0.481 e. The number of nitrogens with two attached hydrogens (primary N) is 1. The Kier molecular flexibility index (Phi) is 16.6. The number of rotatable bonds is 0. The molecule has 0 aliphatic heterocycles. The van der Waals surface area contributed by atoms with E-state index in [9.17, 15) is 0 Å². The van der Waals surface area contributed by atoms with Crippen LogP contribution in [0, 0.1) is 0 Å². The van der Waals surface area contributed by atoms with Crippen LogP contribution in [0.4, 0.5) is 4.79 Å². The molecule has 0 radical (unpaired) electrons. The lowest BCUT2D eigenvalue weighted by Crippen LogP contribution is -2.03. The van der Waals surface area contributed by atoms with Crippen molar-refractivity contribution in [2.75, 3.05) is 0 Å². The Balaban J connectivity index is -0.000000101. The number of primary amides is 1. The van der Waals surface area contributed by atoms with Crippen molar-refractivity contribution >= 4 is 18.0 Å². The van der Waals surface area contributed by atoms with Gasteiger partial charge in [-0.25, -0.2) is 4.79 Å². The van der Waals surface area contributed by atoms with Crippen LogP contribution >= 0.6 is 0 Å². The van der Waals surface area contributed by atoms with E-state index in [0.29, 0.717) is 0 Å². The van der Waals surface area contributed by atoms with Crippen LogP contribution in [0.2, 0.25) is 0 Å². The average Bonchev–Trinajstić information content (AvgIpc) is 1.54. The molecule has 7 heteroatoms. The van der Waals surface area contributed by atoms with Crippen LogP contribution in [-0.4, -0.2) is 33.4 Å². The molecule has 0 aromatic carbocycles. The van der Waals surface area contributed by atoms with Crippen molar-refractivity contribution in [1.29, 1.82) is 0 Å². The third kappa shape index (κ3) is 133. The SMILES string of the molecule is CC(=O)O.CC(=O)O.NC(=O)O. The van der Waals surface area contributed by atoms with E-state index in [0.717, 1.165) is 13.8 Å². The number of hydrogen-bond acceptors (Lipinski definition) is 3. The fourth-order valence-electron chi connectivity index (χ4n) is 0. The van der Waals surface area contributed by atoms with Gasteiger partial charge in [0.05, 0.1) is 0 Å². The molecular weight excluding hydrogens is 170 g/mol. The van der Waals surface area contributed by atoms with Gasteiger partial charge < -0.3 is 21.1 Å². The molecule has 7 nitrogen and oxygen atoms in total. The van der Waals surface area contributed by atoms with Gasteiger partial charge in [-0.15, -0.1) is 0 Å². The van der Waals surface area contributed by atoms with E-state index in [1.54, 1.807) is 0 Å². The molecule has 0 fully saturated rings. The van der Waals surface area contributed by atoms with Gasteiger partial charge in [0.25, 0.3) is 11.9 Å². The predicted molar refractivity (Wildman–Crippen MR) is 38.8 cm³/mol. The Hall–Kier alpha value is -1.79. The Morgan fingerprint density at radius 2 is 0.917 bits per heavy atom. The summed E-state index contributed by atoms with van der Waals surface area (Å²) < 4.78 is 0. The highest BCUT2D eigenvalue weighted by Crippen LogP contribution is 1.42. The van der Waals surface area contributed by atoms with Crippen molar-refractivity contribution in [2.24, 2.45) is 5.73 Å². The molecule has 0 bridgehead atoms. The monoisotopic (exact) mass is 181 g/mol. The molecule has 0 aromatic heterocycles. The van der Waals surface area contributed by atoms with Gasteiger partial charge in [-0.2, -0.15) is 0 Å². The fraction of sp³-hybridized carbons (Fsp3) is 0.400. The van der Waals surface area contributed by atoms with Crippen LogP contribution in [0.5, 0.6) is 0 Å². The second kappa shape index (κ2) is 11.9. The van der Waals surface area contributed by atoms with Crippen molar-refractivity contribution in [3.8, 4) is 0 Å². The summed E-state index contributed by atoms with van der Waals surface area (Å²) in [6.07, 6.45) is -1.33. The molecule has 0 aliphatic carbocycles. The summed E-state index contributed by atoms with van der Waals surface area (Å²) in [7, 11) is 0. The van der Waals surface area contributed by atoms with Crippen LogP contribution in [0.1, 0.15) is 13.8 Å². The number of carboxylic acid groups (broad SMARTS) is 3. The van der Waals surface area contributed by atoms with Crippen LogP contribution < -0.4 is 5.73 Å². The van der Waals surface area contributed by atoms with Crippen molar-refractivity contribution in [2.45, 2.75) is 13.8 Å². The zero-order chi connectivity index (χ0) is 10.7.